The van der Waals surface area contributed by atoms with E-state index in [1.165, 1.54) is 0 Å². The molecule has 144 valence electrons. The zero-order valence-corrected chi connectivity index (χ0v) is 17.8. The molecule has 0 amide bonds. The summed E-state index contributed by atoms with van der Waals surface area (Å²) in [6, 6.07) is 13.7. The number of anilines is 1. The lowest BCUT2D eigenvalue weighted by Gasteiger charge is -2.31. The highest BCUT2D eigenvalue weighted by atomic mass is 35.5. The zero-order chi connectivity index (χ0) is 19.6. The highest BCUT2D eigenvalue weighted by Crippen LogP contribution is 2.29. The van der Waals surface area contributed by atoms with E-state index < -0.39 is 9.84 Å². The summed E-state index contributed by atoms with van der Waals surface area (Å²) < 4.78 is 24.0. The van der Waals surface area contributed by atoms with E-state index in [4.69, 9.17) is 23.8 Å². The van der Waals surface area contributed by atoms with Crippen LogP contribution in [0.4, 0.5) is 5.69 Å². The summed E-state index contributed by atoms with van der Waals surface area (Å²) >= 11 is 12.1. The van der Waals surface area contributed by atoms with Crippen molar-refractivity contribution in [2.24, 2.45) is 0 Å². The van der Waals surface area contributed by atoms with Crippen molar-refractivity contribution >= 4 is 44.5 Å². The maximum absolute atomic E-state index is 12.0. The van der Waals surface area contributed by atoms with Crippen molar-refractivity contribution in [1.29, 1.82) is 0 Å². The predicted octanol–water partition coefficient (Wildman–Crippen LogP) is 4.34. The molecule has 1 N–H and O–H groups in total. The molecular formula is C20H23ClN2O2S2. The lowest BCUT2D eigenvalue weighted by atomic mass is 10.1. The molecular weight excluding hydrogens is 400 g/mol. The second kappa shape index (κ2) is 8.17. The molecule has 4 nitrogen and oxygen atoms in total. The molecule has 1 heterocycles. The van der Waals surface area contributed by atoms with Gasteiger partial charge in [0.05, 0.1) is 22.2 Å². The number of nitrogens with zero attached hydrogens (tertiary/aromatic N) is 1. The molecule has 2 aromatic carbocycles. The van der Waals surface area contributed by atoms with Gasteiger partial charge in [0, 0.05) is 12.6 Å². The number of thiocarbonyl (C=S) groups is 1. The molecule has 0 aromatic heterocycles. The van der Waals surface area contributed by atoms with E-state index in [1.54, 1.807) is 0 Å². The Labute approximate surface area is 171 Å². The molecule has 0 bridgehead atoms. The van der Waals surface area contributed by atoms with E-state index in [2.05, 4.69) is 5.32 Å². The van der Waals surface area contributed by atoms with Gasteiger partial charge in [-0.2, -0.15) is 0 Å². The summed E-state index contributed by atoms with van der Waals surface area (Å²) in [5.41, 5.74) is 3.93. The molecule has 0 unspecified atom stereocenters. The number of sulfone groups is 1. The quantitative estimate of drug-likeness (QED) is 0.742. The van der Waals surface area contributed by atoms with Gasteiger partial charge in [0.25, 0.3) is 0 Å². The summed E-state index contributed by atoms with van der Waals surface area (Å²) in [6.45, 7) is 4.52. The molecule has 7 heteroatoms. The van der Waals surface area contributed by atoms with E-state index in [1.807, 2.05) is 61.2 Å². The Morgan fingerprint density at radius 2 is 1.96 bits per heavy atom. The van der Waals surface area contributed by atoms with Gasteiger partial charge in [-0.15, -0.1) is 0 Å². The molecule has 3 rings (SSSR count). The maximum atomic E-state index is 12.0. The summed E-state index contributed by atoms with van der Waals surface area (Å²) in [6.07, 6.45) is 0.581. The standard InChI is InChI=1S/C20H23ClN2O2S2/c1-14-10-15(2)19(18(21)11-14)22-20(26)23(12-16-6-4-3-5-7-16)17-8-9-27(24,25)13-17/h3-7,10-11,17H,8-9,12-13H2,1-2H3,(H,22,26)/t17-/m0/s1. The second-order valence-corrected chi connectivity index (χ2v) is 10.1. The van der Waals surface area contributed by atoms with Crippen LogP contribution in [0.5, 0.6) is 0 Å². The van der Waals surface area contributed by atoms with Crippen molar-refractivity contribution in [3.8, 4) is 0 Å². The molecule has 1 aliphatic rings. The van der Waals surface area contributed by atoms with E-state index in [0.29, 0.717) is 23.1 Å². The van der Waals surface area contributed by atoms with Gasteiger partial charge in [0.1, 0.15) is 0 Å². The Hall–Kier alpha value is -1.63. The molecule has 2 aromatic rings. The van der Waals surface area contributed by atoms with Gasteiger partial charge in [-0.25, -0.2) is 8.42 Å². The van der Waals surface area contributed by atoms with Crippen LogP contribution in [0, 0.1) is 13.8 Å². The summed E-state index contributed by atoms with van der Waals surface area (Å²) in [5.74, 6) is 0.331. The van der Waals surface area contributed by atoms with Gasteiger partial charge in [-0.05, 0) is 55.2 Å². The van der Waals surface area contributed by atoms with Gasteiger partial charge < -0.3 is 10.2 Å². The predicted molar refractivity (Wildman–Crippen MR) is 116 cm³/mol. The Morgan fingerprint density at radius 1 is 1.26 bits per heavy atom. The number of rotatable bonds is 4. The van der Waals surface area contributed by atoms with Crippen molar-refractivity contribution in [2.45, 2.75) is 32.9 Å². The molecule has 0 spiro atoms. The van der Waals surface area contributed by atoms with Crippen molar-refractivity contribution in [1.82, 2.24) is 4.90 Å². The Bertz CT molecular complexity index is 923. The Kier molecular flexibility index (Phi) is 6.08. The molecule has 0 saturated carbocycles. The van der Waals surface area contributed by atoms with Gasteiger partial charge in [0.15, 0.2) is 14.9 Å². The van der Waals surface area contributed by atoms with E-state index in [-0.39, 0.29) is 17.5 Å². The SMILES string of the molecule is Cc1cc(C)c(NC(=S)N(Cc2ccccc2)[C@H]2CCS(=O)(=O)C2)c(Cl)c1. The lowest BCUT2D eigenvalue weighted by molar-refractivity contribution is 0.332. The van der Waals surface area contributed by atoms with Crippen molar-refractivity contribution < 1.29 is 8.42 Å². The van der Waals surface area contributed by atoms with Gasteiger partial charge >= 0.3 is 0 Å². The summed E-state index contributed by atoms with van der Waals surface area (Å²) in [4.78, 5) is 1.98. The normalized spacial score (nSPS) is 18.3. The van der Waals surface area contributed by atoms with Crippen LogP contribution in [0.25, 0.3) is 0 Å². The fraction of sp³-hybridized carbons (Fsp3) is 0.350. The van der Waals surface area contributed by atoms with Crippen LogP contribution < -0.4 is 5.32 Å². The number of hydrogen-bond acceptors (Lipinski definition) is 3. The average molecular weight is 423 g/mol. The van der Waals surface area contributed by atoms with Crippen LogP contribution in [0.2, 0.25) is 5.02 Å². The van der Waals surface area contributed by atoms with Crippen molar-refractivity contribution in [2.75, 3.05) is 16.8 Å². The van der Waals surface area contributed by atoms with Crippen molar-refractivity contribution in [3.63, 3.8) is 0 Å². The fourth-order valence-electron chi connectivity index (χ4n) is 3.42. The minimum Gasteiger partial charge on any atom is -0.341 e. The maximum Gasteiger partial charge on any atom is 0.174 e. The number of halogens is 1. The third-order valence-electron chi connectivity index (χ3n) is 4.77. The number of nitrogens with one attached hydrogen (secondary N) is 1. The van der Waals surface area contributed by atoms with Crippen molar-refractivity contribution in [3.05, 3.63) is 64.2 Å². The lowest BCUT2D eigenvalue weighted by Crippen LogP contribution is -2.43. The first kappa shape index (κ1) is 20.1. The van der Waals surface area contributed by atoms with Crippen LogP contribution in [0.3, 0.4) is 0 Å². The van der Waals surface area contributed by atoms with Crippen LogP contribution in [-0.4, -0.2) is 36.0 Å². The first-order chi connectivity index (χ1) is 12.7. The molecule has 1 fully saturated rings. The number of hydrogen-bond donors (Lipinski definition) is 1. The molecule has 0 aliphatic carbocycles. The van der Waals surface area contributed by atoms with Crippen LogP contribution in [0.15, 0.2) is 42.5 Å². The molecule has 1 aliphatic heterocycles. The van der Waals surface area contributed by atoms with Gasteiger partial charge in [0.2, 0.25) is 0 Å². The number of aryl methyl sites for hydroxylation is 2. The first-order valence-electron chi connectivity index (χ1n) is 8.84. The fourth-order valence-corrected chi connectivity index (χ4v) is 5.84. The Balaban J connectivity index is 1.87. The third-order valence-corrected chi connectivity index (χ3v) is 7.15. The number of benzene rings is 2. The smallest absolute Gasteiger partial charge is 0.174 e. The van der Waals surface area contributed by atoms with Crippen LogP contribution in [-0.2, 0) is 16.4 Å². The minimum atomic E-state index is -3.02. The van der Waals surface area contributed by atoms with Crippen LogP contribution in [0.1, 0.15) is 23.1 Å². The molecule has 1 saturated heterocycles. The largest absolute Gasteiger partial charge is 0.341 e. The van der Waals surface area contributed by atoms with Crippen LogP contribution >= 0.6 is 23.8 Å². The summed E-state index contributed by atoms with van der Waals surface area (Å²) in [5, 5.41) is 4.36. The monoisotopic (exact) mass is 422 g/mol. The van der Waals surface area contributed by atoms with Gasteiger partial charge in [-0.3, -0.25) is 0 Å². The Morgan fingerprint density at radius 3 is 2.56 bits per heavy atom. The third kappa shape index (κ3) is 5.00. The molecule has 0 radical (unpaired) electrons. The van der Waals surface area contributed by atoms with E-state index in [0.717, 1.165) is 22.4 Å². The second-order valence-electron chi connectivity index (χ2n) is 7.04. The molecule has 27 heavy (non-hydrogen) atoms. The van der Waals surface area contributed by atoms with E-state index >= 15 is 0 Å². The highest BCUT2D eigenvalue weighted by molar-refractivity contribution is 7.91. The highest BCUT2D eigenvalue weighted by Gasteiger charge is 2.33. The van der Waals surface area contributed by atoms with E-state index in [9.17, 15) is 8.42 Å². The zero-order valence-electron chi connectivity index (χ0n) is 15.4. The van der Waals surface area contributed by atoms with Gasteiger partial charge in [-0.1, -0.05) is 48.0 Å². The first-order valence-corrected chi connectivity index (χ1v) is 11.4. The average Bonchev–Trinajstić information content (AvgIpc) is 2.96. The minimum absolute atomic E-state index is 0.127. The topological polar surface area (TPSA) is 49.4 Å². The summed E-state index contributed by atoms with van der Waals surface area (Å²) in [7, 11) is -3.02. The molecule has 1 atom stereocenters.